The van der Waals surface area contributed by atoms with Crippen molar-refractivity contribution in [1.29, 1.82) is 0 Å². The molecule has 1 amide bonds. The number of aliphatic hydroxyl groups excluding tert-OH is 1. The lowest BCUT2D eigenvalue weighted by Gasteiger charge is -2.62. The van der Waals surface area contributed by atoms with E-state index in [2.05, 4.69) is 15.4 Å². The highest BCUT2D eigenvalue weighted by molar-refractivity contribution is 7.99. The molecule has 2 saturated heterocycles. The number of phenolic OH excluding ortho intramolecular Hbond substituents is 1. The standard InChI is InChI=1S/C35H38N4O11S/c1-13-7-17-9-20-34(43)39-21-10-46-35(44)19(36-33(42)18-8-14(2)50-37-18)11-51-32(26(39)25(38(20)5)22(17)27(41)28(13)45-6)24-23(21)31-30(47-12-48-31)15(3)29(24)49-16(4)40/h7-8,19-21,25-26,32,34,41,43H,9-12H2,1-6H3,(H,36,42)/t19?,20-,21-,25-,26-,32-,34+/m1/s1. The number of thioether (sulfide) groups is 1. The summed E-state index contributed by atoms with van der Waals surface area (Å²) in [6.07, 6.45) is -0.627. The molecule has 6 aliphatic heterocycles. The lowest BCUT2D eigenvalue weighted by molar-refractivity contribution is -0.184. The van der Waals surface area contributed by atoms with Gasteiger partial charge in [-0.25, -0.2) is 4.79 Å². The van der Waals surface area contributed by atoms with Crippen molar-refractivity contribution in [3.05, 3.63) is 57.0 Å². The number of amides is 1. The predicted molar refractivity (Wildman–Crippen MR) is 179 cm³/mol. The summed E-state index contributed by atoms with van der Waals surface area (Å²) in [5.74, 6) is 0.121. The van der Waals surface area contributed by atoms with Gasteiger partial charge in [0.25, 0.3) is 5.91 Å². The average molecular weight is 723 g/mol. The first-order chi connectivity index (χ1) is 24.4. The molecule has 1 aromatic heterocycles. The molecule has 0 saturated carbocycles. The molecular formula is C35H38N4O11S. The van der Waals surface area contributed by atoms with E-state index in [0.717, 1.165) is 11.1 Å². The lowest BCUT2D eigenvalue weighted by atomic mass is 9.73. The van der Waals surface area contributed by atoms with Gasteiger partial charge in [-0.1, -0.05) is 11.2 Å². The number of nitrogens with one attached hydrogen (secondary N) is 1. The van der Waals surface area contributed by atoms with Gasteiger partial charge >= 0.3 is 11.9 Å². The predicted octanol–water partition coefficient (Wildman–Crippen LogP) is 2.75. The highest BCUT2D eigenvalue weighted by Gasteiger charge is 2.60. The molecule has 15 nitrogen and oxygen atoms in total. The van der Waals surface area contributed by atoms with E-state index in [4.69, 9.17) is 28.2 Å². The summed E-state index contributed by atoms with van der Waals surface area (Å²) in [6, 6.07) is 0.0445. The van der Waals surface area contributed by atoms with Gasteiger partial charge < -0.3 is 43.7 Å². The van der Waals surface area contributed by atoms with E-state index >= 15 is 0 Å². The van der Waals surface area contributed by atoms with Gasteiger partial charge in [0, 0.05) is 47.0 Å². The van der Waals surface area contributed by atoms with Crippen LogP contribution < -0.4 is 24.3 Å². The number of rotatable bonds is 4. The Balaban J connectivity index is 1.34. The minimum atomic E-state index is -1.10. The number of hydrogen-bond acceptors (Lipinski definition) is 15. The minimum Gasteiger partial charge on any atom is -0.504 e. The largest absolute Gasteiger partial charge is 0.504 e. The lowest BCUT2D eigenvalue weighted by Crippen LogP contribution is -2.69. The molecule has 7 heterocycles. The van der Waals surface area contributed by atoms with Crippen molar-refractivity contribution in [3.8, 4) is 28.7 Å². The van der Waals surface area contributed by atoms with Crippen LogP contribution in [0.3, 0.4) is 0 Å². The fraction of sp³-hybridized carbons (Fsp3) is 0.486. The van der Waals surface area contributed by atoms with Gasteiger partial charge in [-0.05, 0) is 45.4 Å². The number of carbonyl (C=O) groups excluding carboxylic acids is 3. The normalized spacial score (nSPS) is 27.9. The average Bonchev–Trinajstić information content (AvgIpc) is 3.76. The van der Waals surface area contributed by atoms with Crippen LogP contribution in [0.4, 0.5) is 0 Å². The number of benzene rings is 2. The van der Waals surface area contributed by atoms with Crippen molar-refractivity contribution in [1.82, 2.24) is 20.3 Å². The number of aromatic nitrogens is 1. The number of ether oxygens (including phenoxy) is 5. The van der Waals surface area contributed by atoms with Crippen LogP contribution in [-0.2, 0) is 20.7 Å². The van der Waals surface area contributed by atoms with Crippen molar-refractivity contribution >= 4 is 29.6 Å². The molecule has 0 aliphatic carbocycles. The van der Waals surface area contributed by atoms with Gasteiger partial charge in [-0.3, -0.25) is 19.4 Å². The number of likely N-dealkylation sites (N-methyl/N-ethyl adjacent to an activating group) is 1. The van der Waals surface area contributed by atoms with Gasteiger partial charge in [0.1, 0.15) is 30.4 Å². The summed E-state index contributed by atoms with van der Waals surface area (Å²) in [5.41, 5.74) is 4.10. The molecule has 3 N–H and O–H groups in total. The van der Waals surface area contributed by atoms with Crippen molar-refractivity contribution in [2.75, 3.05) is 33.3 Å². The van der Waals surface area contributed by atoms with Crippen molar-refractivity contribution in [2.45, 2.75) is 75.8 Å². The zero-order valence-electron chi connectivity index (χ0n) is 28.8. The Kier molecular flexibility index (Phi) is 8.12. The maximum atomic E-state index is 13.7. The molecule has 51 heavy (non-hydrogen) atoms. The summed E-state index contributed by atoms with van der Waals surface area (Å²) in [6.45, 7) is 6.31. The third-order valence-electron chi connectivity index (χ3n) is 10.7. The van der Waals surface area contributed by atoms with Crippen LogP contribution in [0.5, 0.6) is 28.7 Å². The van der Waals surface area contributed by atoms with Crippen LogP contribution in [-0.4, -0.2) is 101 Å². The number of esters is 2. The zero-order valence-corrected chi connectivity index (χ0v) is 29.7. The summed E-state index contributed by atoms with van der Waals surface area (Å²) in [4.78, 5) is 43.7. The third-order valence-corrected chi connectivity index (χ3v) is 12.1. The Morgan fingerprint density at radius 2 is 1.84 bits per heavy atom. The summed E-state index contributed by atoms with van der Waals surface area (Å²) < 4.78 is 34.8. The van der Waals surface area contributed by atoms with E-state index in [9.17, 15) is 24.6 Å². The maximum Gasteiger partial charge on any atom is 0.329 e. The molecule has 3 aromatic rings. The topological polar surface area (TPSA) is 182 Å². The van der Waals surface area contributed by atoms with Crippen molar-refractivity contribution < 1.29 is 52.8 Å². The van der Waals surface area contributed by atoms with Gasteiger partial charge in [-0.15, -0.1) is 11.8 Å². The maximum absolute atomic E-state index is 13.7. The number of phenols is 1. The molecule has 6 aliphatic rings. The molecule has 0 spiro atoms. The van der Waals surface area contributed by atoms with E-state index in [1.54, 1.807) is 13.8 Å². The summed E-state index contributed by atoms with van der Waals surface area (Å²) in [5, 5.41) is 30.2. The molecule has 7 atom stereocenters. The molecule has 2 aromatic carbocycles. The molecule has 9 rings (SSSR count). The second kappa shape index (κ2) is 12.3. The number of aryl methyl sites for hydroxylation is 2. The fourth-order valence-corrected chi connectivity index (χ4v) is 10.1. The van der Waals surface area contributed by atoms with Gasteiger partial charge in [0.2, 0.25) is 6.79 Å². The number of aromatic hydroxyl groups is 1. The first-order valence-corrected chi connectivity index (χ1v) is 17.7. The van der Waals surface area contributed by atoms with Crippen LogP contribution in [0.1, 0.15) is 73.9 Å². The quantitative estimate of drug-likeness (QED) is 0.264. The molecule has 16 heteroatoms. The number of nitrogens with zero attached hydrogens (tertiary/aromatic N) is 3. The first kappa shape index (κ1) is 33.6. The number of aliphatic hydroxyl groups is 1. The summed E-state index contributed by atoms with van der Waals surface area (Å²) >= 11 is 1.34. The van der Waals surface area contributed by atoms with E-state index < -0.39 is 59.5 Å². The molecule has 270 valence electrons. The van der Waals surface area contributed by atoms with Gasteiger partial charge in [0.15, 0.2) is 28.7 Å². The Morgan fingerprint density at radius 3 is 2.55 bits per heavy atom. The third kappa shape index (κ3) is 5.05. The number of carbonyl (C=O) groups is 3. The Bertz CT molecular complexity index is 1980. The summed E-state index contributed by atoms with van der Waals surface area (Å²) in [7, 11) is 3.43. The molecule has 4 bridgehead atoms. The van der Waals surface area contributed by atoms with E-state index in [1.807, 2.05) is 24.9 Å². The van der Waals surface area contributed by atoms with Gasteiger partial charge in [0.05, 0.1) is 30.5 Å². The van der Waals surface area contributed by atoms with Crippen LogP contribution in [0.25, 0.3) is 0 Å². The monoisotopic (exact) mass is 722 g/mol. The Labute approximate surface area is 297 Å². The highest BCUT2D eigenvalue weighted by atomic mass is 32.2. The highest BCUT2D eigenvalue weighted by Crippen LogP contribution is 2.63. The second-order valence-corrected chi connectivity index (χ2v) is 14.7. The van der Waals surface area contributed by atoms with Crippen LogP contribution in [0.2, 0.25) is 0 Å². The van der Waals surface area contributed by atoms with Gasteiger partial charge in [-0.2, -0.15) is 0 Å². The Morgan fingerprint density at radius 1 is 1.08 bits per heavy atom. The number of methoxy groups -OCH3 is 1. The van der Waals surface area contributed by atoms with Crippen LogP contribution >= 0.6 is 11.8 Å². The Hall–Kier alpha value is -4.51. The zero-order chi connectivity index (χ0) is 36.0. The number of piperazine rings is 1. The molecule has 2 fully saturated rings. The minimum absolute atomic E-state index is 0.0129. The molecule has 0 radical (unpaired) electrons. The number of fused-ring (bicyclic) bond motifs is 10. The van der Waals surface area contributed by atoms with Crippen molar-refractivity contribution in [2.24, 2.45) is 0 Å². The molecule has 1 unspecified atom stereocenters. The SMILES string of the molecule is COc1c(C)cc2c(c1O)[C@@H]1[C@@H]3[C@@H]4SCC(NC(=O)c5cc(C)on5)C(=O)OC[C@H](c5c6c(c(C)c(OC(C)=O)c54)OCO6)N3[C@@H](O)[C@@H](C2)N1C. The van der Waals surface area contributed by atoms with Crippen LogP contribution in [0.15, 0.2) is 16.7 Å². The second-order valence-electron chi connectivity index (χ2n) is 13.6. The van der Waals surface area contributed by atoms with E-state index in [-0.39, 0.29) is 36.3 Å². The van der Waals surface area contributed by atoms with E-state index in [1.165, 1.54) is 31.9 Å². The fourth-order valence-electron chi connectivity index (χ4n) is 8.58. The molecular weight excluding hydrogens is 684 g/mol. The smallest absolute Gasteiger partial charge is 0.329 e. The number of hydrogen-bond donors (Lipinski definition) is 3. The van der Waals surface area contributed by atoms with E-state index in [0.29, 0.717) is 51.7 Å². The van der Waals surface area contributed by atoms with Crippen LogP contribution in [0, 0.1) is 20.8 Å². The first-order valence-electron chi connectivity index (χ1n) is 16.6. The van der Waals surface area contributed by atoms with Crippen molar-refractivity contribution in [3.63, 3.8) is 0 Å².